The van der Waals surface area contributed by atoms with Crippen molar-refractivity contribution >= 4 is 29.1 Å². The number of rotatable bonds is 5. The van der Waals surface area contributed by atoms with Crippen molar-refractivity contribution in [1.82, 2.24) is 0 Å². The third-order valence-electron chi connectivity index (χ3n) is 9.61. The Morgan fingerprint density at radius 3 is 2.45 bits per heavy atom. The van der Waals surface area contributed by atoms with Crippen molar-refractivity contribution in [3.63, 3.8) is 0 Å². The normalized spacial score (nSPS) is 45.4. The molecular weight excluding hydrogens is 448 g/mol. The second-order valence-corrected chi connectivity index (χ2v) is 11.4. The Bertz CT molecular complexity index is 901. The molecule has 0 spiro atoms. The van der Waals surface area contributed by atoms with Crippen LogP contribution in [0, 0.1) is 22.7 Å². The maximum absolute atomic E-state index is 13.7. The number of carbonyl (C=O) groups is 3. The predicted octanol–water partition coefficient (Wildman–Crippen LogP) is 3.34. The number of fused-ring (bicyclic) bond motifs is 5. The Balaban J connectivity index is 1.76. The number of Topliss-reactive ketones (excluding diaryl/α,β-unsaturated/α-hetero) is 1. The number of carbonyl (C=O) groups excluding carboxylic acids is 3. The van der Waals surface area contributed by atoms with Gasteiger partial charge in [-0.1, -0.05) is 19.4 Å². The standard InChI is InChI=1S/C25H35ClO7/c1-14(27)33-21(31-4)20(30)24(32-5)11-9-17-18-7-6-15-12-16(28)8-10-22(15,2)25(18,26)19(29)13-23(17,24)3/h12,17-19,21,29H,6-11,13H2,1-5H3/t17-,18-,19-,21?,22-,23-,24+,25-/m0/s1. The quantitative estimate of drug-likeness (QED) is 0.364. The summed E-state index contributed by atoms with van der Waals surface area (Å²) in [7, 11) is 2.82. The van der Waals surface area contributed by atoms with Crippen LogP contribution >= 0.6 is 11.6 Å². The summed E-state index contributed by atoms with van der Waals surface area (Å²) < 4.78 is 16.4. The average Bonchev–Trinajstić information content (AvgIpc) is 3.05. The third kappa shape index (κ3) is 3.15. The molecular formula is C25H35ClO7. The molecule has 0 amide bonds. The molecule has 0 aromatic rings. The zero-order valence-corrected chi connectivity index (χ0v) is 20.9. The van der Waals surface area contributed by atoms with Crippen molar-refractivity contribution in [1.29, 1.82) is 0 Å². The lowest BCUT2D eigenvalue weighted by molar-refractivity contribution is -0.210. The van der Waals surface area contributed by atoms with Crippen LogP contribution in [-0.4, -0.2) is 59.7 Å². The van der Waals surface area contributed by atoms with Crippen LogP contribution in [0.15, 0.2) is 11.6 Å². The summed E-state index contributed by atoms with van der Waals surface area (Å²) >= 11 is 7.47. The molecule has 0 aromatic heterocycles. The van der Waals surface area contributed by atoms with Crippen LogP contribution in [0.3, 0.4) is 0 Å². The average molecular weight is 483 g/mol. The van der Waals surface area contributed by atoms with Crippen LogP contribution in [0.4, 0.5) is 0 Å². The van der Waals surface area contributed by atoms with Gasteiger partial charge in [0.05, 0.1) is 11.0 Å². The number of halogens is 1. The van der Waals surface area contributed by atoms with Gasteiger partial charge in [0.15, 0.2) is 5.78 Å². The van der Waals surface area contributed by atoms with E-state index in [0.29, 0.717) is 25.7 Å². The zero-order chi connectivity index (χ0) is 24.4. The van der Waals surface area contributed by atoms with Crippen molar-refractivity contribution < 1.29 is 33.7 Å². The lowest BCUT2D eigenvalue weighted by Crippen LogP contribution is -2.69. The molecule has 1 unspecified atom stereocenters. The molecule has 4 aliphatic carbocycles. The largest absolute Gasteiger partial charge is 0.428 e. The first-order chi connectivity index (χ1) is 15.4. The molecule has 3 fully saturated rings. The van der Waals surface area contributed by atoms with Crippen molar-refractivity contribution in [2.24, 2.45) is 22.7 Å². The number of ether oxygens (including phenoxy) is 3. The van der Waals surface area contributed by atoms with Crippen LogP contribution < -0.4 is 0 Å². The van der Waals surface area contributed by atoms with Gasteiger partial charge < -0.3 is 19.3 Å². The lowest BCUT2D eigenvalue weighted by atomic mass is 9.44. The molecule has 4 aliphatic rings. The molecule has 0 bridgehead atoms. The zero-order valence-electron chi connectivity index (χ0n) is 20.1. The minimum atomic E-state index is -1.37. The predicted molar refractivity (Wildman–Crippen MR) is 121 cm³/mol. The number of hydrogen-bond donors (Lipinski definition) is 1. The lowest BCUT2D eigenvalue weighted by Gasteiger charge is -2.65. The molecule has 0 heterocycles. The van der Waals surface area contributed by atoms with Crippen molar-refractivity contribution in [2.45, 2.75) is 88.6 Å². The van der Waals surface area contributed by atoms with Gasteiger partial charge in [-0.15, -0.1) is 11.6 Å². The molecule has 0 aromatic carbocycles. The molecule has 0 aliphatic heterocycles. The van der Waals surface area contributed by atoms with Crippen LogP contribution in [-0.2, 0) is 28.6 Å². The van der Waals surface area contributed by atoms with Gasteiger partial charge in [0, 0.05) is 38.4 Å². The van der Waals surface area contributed by atoms with Crippen LogP contribution in [0.5, 0.6) is 0 Å². The highest BCUT2D eigenvalue weighted by Gasteiger charge is 2.74. The Kier molecular flexibility index (Phi) is 6.13. The smallest absolute Gasteiger partial charge is 0.305 e. The minimum absolute atomic E-state index is 0.0214. The number of aliphatic hydroxyl groups is 1. The summed E-state index contributed by atoms with van der Waals surface area (Å²) in [5.41, 5.74) is -1.44. The van der Waals surface area contributed by atoms with E-state index in [-0.39, 0.29) is 24.0 Å². The van der Waals surface area contributed by atoms with E-state index >= 15 is 0 Å². The summed E-state index contributed by atoms with van der Waals surface area (Å²) in [6.45, 7) is 5.30. The van der Waals surface area contributed by atoms with E-state index < -0.39 is 45.5 Å². The highest BCUT2D eigenvalue weighted by atomic mass is 35.5. The first-order valence-electron chi connectivity index (χ1n) is 11.8. The molecule has 1 N–H and O–H groups in total. The molecule has 33 heavy (non-hydrogen) atoms. The molecule has 3 saturated carbocycles. The van der Waals surface area contributed by atoms with Gasteiger partial charge in [-0.05, 0) is 56.4 Å². The SMILES string of the molecule is COC(OC(C)=O)C(=O)[C@]1(OC)CC[C@H]2[C@@H]3CCC4=CC(=O)CC[C@]4(C)[C@@]3(Cl)[C@@H](O)C[C@@]21C. The van der Waals surface area contributed by atoms with E-state index in [2.05, 4.69) is 6.92 Å². The highest BCUT2D eigenvalue weighted by molar-refractivity contribution is 6.26. The maximum atomic E-state index is 13.7. The molecule has 184 valence electrons. The number of ketones is 2. The van der Waals surface area contributed by atoms with Crippen LogP contribution in [0.1, 0.15) is 65.7 Å². The van der Waals surface area contributed by atoms with Gasteiger partial charge in [-0.2, -0.15) is 0 Å². The summed E-state index contributed by atoms with van der Waals surface area (Å²) in [5.74, 6) is -0.961. The second kappa shape index (κ2) is 8.14. The number of hydrogen-bond acceptors (Lipinski definition) is 7. The number of aliphatic hydroxyl groups excluding tert-OH is 1. The molecule has 4 rings (SSSR count). The molecule has 8 atom stereocenters. The summed E-state index contributed by atoms with van der Waals surface area (Å²) in [4.78, 5) is 36.5. The first kappa shape index (κ1) is 24.8. The fourth-order valence-corrected chi connectivity index (χ4v) is 8.50. The van der Waals surface area contributed by atoms with E-state index in [1.807, 2.05) is 6.92 Å². The molecule has 0 saturated heterocycles. The summed E-state index contributed by atoms with van der Waals surface area (Å²) in [6.07, 6.45) is 3.39. The Hall–Kier alpha value is -1.28. The minimum Gasteiger partial charge on any atom is -0.428 e. The van der Waals surface area contributed by atoms with Gasteiger partial charge in [-0.3, -0.25) is 14.4 Å². The van der Waals surface area contributed by atoms with Crippen LogP contribution in [0.2, 0.25) is 0 Å². The van der Waals surface area contributed by atoms with E-state index in [1.54, 1.807) is 6.08 Å². The first-order valence-corrected chi connectivity index (χ1v) is 12.2. The van der Waals surface area contributed by atoms with Gasteiger partial charge in [0.2, 0.25) is 5.78 Å². The van der Waals surface area contributed by atoms with Gasteiger partial charge in [0.25, 0.3) is 6.29 Å². The van der Waals surface area contributed by atoms with Gasteiger partial charge >= 0.3 is 5.97 Å². The molecule has 0 radical (unpaired) electrons. The molecule has 8 heteroatoms. The number of methoxy groups -OCH3 is 2. The Morgan fingerprint density at radius 2 is 1.85 bits per heavy atom. The number of allylic oxidation sites excluding steroid dienone is 1. The van der Waals surface area contributed by atoms with Crippen molar-refractivity contribution in [3.8, 4) is 0 Å². The monoisotopic (exact) mass is 482 g/mol. The van der Waals surface area contributed by atoms with Gasteiger partial charge in [-0.25, -0.2) is 0 Å². The molecule has 7 nitrogen and oxygen atoms in total. The third-order valence-corrected chi connectivity index (χ3v) is 10.6. The summed E-state index contributed by atoms with van der Waals surface area (Å²) in [5, 5.41) is 11.7. The topological polar surface area (TPSA) is 99.1 Å². The van der Waals surface area contributed by atoms with Crippen molar-refractivity contribution in [2.75, 3.05) is 14.2 Å². The van der Waals surface area contributed by atoms with E-state index in [0.717, 1.165) is 18.4 Å². The highest BCUT2D eigenvalue weighted by Crippen LogP contribution is 2.71. The fraction of sp³-hybridized carbons (Fsp3) is 0.800. The van der Waals surface area contributed by atoms with E-state index in [4.69, 9.17) is 25.8 Å². The fourth-order valence-electron chi connectivity index (χ4n) is 7.95. The Labute approximate surface area is 200 Å². The maximum Gasteiger partial charge on any atom is 0.305 e. The van der Waals surface area contributed by atoms with Gasteiger partial charge in [0.1, 0.15) is 5.60 Å². The van der Waals surface area contributed by atoms with E-state index in [9.17, 15) is 19.5 Å². The Morgan fingerprint density at radius 1 is 1.15 bits per heavy atom. The number of esters is 1. The second-order valence-electron chi connectivity index (χ2n) is 10.7. The van der Waals surface area contributed by atoms with E-state index in [1.165, 1.54) is 21.1 Å². The number of alkyl halides is 1. The summed E-state index contributed by atoms with van der Waals surface area (Å²) in [6, 6.07) is 0. The van der Waals surface area contributed by atoms with Crippen molar-refractivity contribution in [3.05, 3.63) is 11.6 Å². The van der Waals surface area contributed by atoms with Crippen LogP contribution in [0.25, 0.3) is 0 Å².